The molecule has 210 valence electrons. The molecule has 6 unspecified atom stereocenters. The first-order valence-corrected chi connectivity index (χ1v) is 17.6. The van der Waals surface area contributed by atoms with Gasteiger partial charge < -0.3 is 14.3 Å². The topological polar surface area (TPSA) is 55.8 Å². The van der Waals surface area contributed by atoms with E-state index < -0.39 is 20.4 Å². The molecular formula is C32H54O4Si. The molecular weight excluding hydrogens is 476 g/mol. The Hall–Kier alpha value is -1.17. The molecule has 1 N–H and O–H groups in total. The van der Waals surface area contributed by atoms with E-state index in [9.17, 15) is 9.90 Å². The van der Waals surface area contributed by atoms with Gasteiger partial charge in [-0.3, -0.25) is 0 Å². The lowest BCUT2D eigenvalue weighted by atomic mass is 9.60. The molecule has 0 aromatic heterocycles. The van der Waals surface area contributed by atoms with E-state index in [4.69, 9.17) is 9.16 Å². The van der Waals surface area contributed by atoms with Crippen molar-refractivity contribution in [2.75, 3.05) is 7.11 Å². The van der Waals surface area contributed by atoms with Gasteiger partial charge in [-0.1, -0.05) is 64.5 Å². The fourth-order valence-corrected chi connectivity index (χ4v) is 8.55. The van der Waals surface area contributed by atoms with E-state index in [-0.39, 0.29) is 5.04 Å². The van der Waals surface area contributed by atoms with Gasteiger partial charge in [-0.05, 0) is 111 Å². The number of esters is 1. The Morgan fingerprint density at radius 1 is 1.19 bits per heavy atom. The van der Waals surface area contributed by atoms with Crippen molar-refractivity contribution in [3.05, 3.63) is 35.5 Å². The van der Waals surface area contributed by atoms with Crippen molar-refractivity contribution in [1.82, 2.24) is 0 Å². The van der Waals surface area contributed by atoms with Crippen LogP contribution in [0.25, 0.3) is 0 Å². The Kier molecular flexibility index (Phi) is 9.78. The lowest BCUT2D eigenvalue weighted by Gasteiger charge is -2.44. The summed E-state index contributed by atoms with van der Waals surface area (Å²) in [6.07, 6.45) is 14.8. The summed E-state index contributed by atoms with van der Waals surface area (Å²) in [7, 11) is -0.441. The summed E-state index contributed by atoms with van der Waals surface area (Å²) in [6.45, 7) is 20.9. The molecule has 0 spiro atoms. The summed E-state index contributed by atoms with van der Waals surface area (Å²) in [4.78, 5) is 11.6. The molecule has 0 amide bonds. The van der Waals surface area contributed by atoms with Gasteiger partial charge in [0.2, 0.25) is 0 Å². The average molecular weight is 531 g/mol. The second-order valence-corrected chi connectivity index (χ2v) is 18.7. The number of aliphatic hydroxyl groups is 1. The standard InChI is InChI=1S/C32H54O4Si/c1-22-12-16-26(36-37(8,9)31(3,4)5)21-25(22)15-14-24-11-10-20-32(6)27(17-18-28(24)32)23(2)13-19-29(33)30(34)35-7/h14-15,23,26-29,33H,1,10-13,16-21H2,2-9H3/b24-14+,25-15-. The first-order valence-electron chi connectivity index (χ1n) is 14.7. The number of methoxy groups -OCH3 is 1. The zero-order valence-corrected chi connectivity index (χ0v) is 26.0. The number of allylic oxidation sites excluding steroid dienone is 4. The number of carbonyl (C=O) groups is 1. The summed E-state index contributed by atoms with van der Waals surface area (Å²) in [6, 6.07) is 0. The van der Waals surface area contributed by atoms with Gasteiger partial charge in [0.15, 0.2) is 14.4 Å². The number of aliphatic hydroxyl groups excluding tert-OH is 1. The van der Waals surface area contributed by atoms with E-state index in [1.165, 1.54) is 50.4 Å². The van der Waals surface area contributed by atoms with Gasteiger partial charge in [0.1, 0.15) is 0 Å². The predicted octanol–water partition coefficient (Wildman–Crippen LogP) is 8.14. The summed E-state index contributed by atoms with van der Waals surface area (Å²) < 4.78 is 11.5. The van der Waals surface area contributed by atoms with Crippen LogP contribution in [0.4, 0.5) is 0 Å². The minimum atomic E-state index is -1.78. The Labute approximate surface area is 228 Å². The van der Waals surface area contributed by atoms with Gasteiger partial charge in [0.25, 0.3) is 0 Å². The fraction of sp³-hybridized carbons (Fsp3) is 0.781. The Bertz CT molecular complexity index is 895. The molecule has 0 aromatic carbocycles. The summed E-state index contributed by atoms with van der Waals surface area (Å²) in [5, 5.41) is 10.3. The summed E-state index contributed by atoms with van der Waals surface area (Å²) in [5.74, 6) is 1.23. The third kappa shape index (κ3) is 6.89. The number of carbonyl (C=O) groups excluding carboxylic acids is 1. The van der Waals surface area contributed by atoms with Crippen LogP contribution in [0.1, 0.15) is 98.8 Å². The van der Waals surface area contributed by atoms with Crippen LogP contribution in [0, 0.1) is 23.2 Å². The van der Waals surface area contributed by atoms with Crippen LogP contribution in [0.5, 0.6) is 0 Å². The highest BCUT2D eigenvalue weighted by Crippen LogP contribution is 2.60. The van der Waals surface area contributed by atoms with Crippen LogP contribution in [-0.2, 0) is 14.0 Å². The minimum absolute atomic E-state index is 0.230. The van der Waals surface area contributed by atoms with E-state index in [1.54, 1.807) is 5.57 Å². The zero-order chi connectivity index (χ0) is 27.6. The van der Waals surface area contributed by atoms with Gasteiger partial charge in [0.05, 0.1) is 7.11 Å². The maximum Gasteiger partial charge on any atom is 0.334 e. The van der Waals surface area contributed by atoms with Crippen LogP contribution in [0.15, 0.2) is 35.5 Å². The highest BCUT2D eigenvalue weighted by molar-refractivity contribution is 6.74. The number of fused-ring (bicyclic) bond motifs is 1. The zero-order valence-electron chi connectivity index (χ0n) is 25.0. The molecule has 0 saturated heterocycles. The van der Waals surface area contributed by atoms with Crippen molar-refractivity contribution in [2.45, 2.75) is 129 Å². The molecule has 37 heavy (non-hydrogen) atoms. The van der Waals surface area contributed by atoms with Crippen molar-refractivity contribution in [3.63, 3.8) is 0 Å². The quantitative estimate of drug-likeness (QED) is 0.254. The molecule has 0 heterocycles. The fourth-order valence-electron chi connectivity index (χ4n) is 7.17. The molecule has 3 rings (SSSR count). The van der Waals surface area contributed by atoms with Crippen LogP contribution >= 0.6 is 0 Å². The molecule has 0 bridgehead atoms. The third-order valence-corrected chi connectivity index (χ3v) is 15.1. The van der Waals surface area contributed by atoms with Crippen molar-refractivity contribution in [3.8, 4) is 0 Å². The highest BCUT2D eigenvalue weighted by Gasteiger charge is 2.50. The van der Waals surface area contributed by atoms with Gasteiger partial charge in [0, 0.05) is 6.10 Å². The van der Waals surface area contributed by atoms with Gasteiger partial charge in [-0.2, -0.15) is 0 Å². The molecule has 5 heteroatoms. The van der Waals surface area contributed by atoms with Gasteiger partial charge >= 0.3 is 5.97 Å². The maximum atomic E-state index is 11.6. The predicted molar refractivity (Wildman–Crippen MR) is 156 cm³/mol. The summed E-state index contributed by atoms with van der Waals surface area (Å²) >= 11 is 0. The highest BCUT2D eigenvalue weighted by atomic mass is 28.4. The van der Waals surface area contributed by atoms with Crippen LogP contribution < -0.4 is 0 Å². The minimum Gasteiger partial charge on any atom is -0.467 e. The van der Waals surface area contributed by atoms with Crippen LogP contribution in [0.2, 0.25) is 18.1 Å². The molecule has 0 aromatic rings. The molecule has 0 aliphatic heterocycles. The third-order valence-electron chi connectivity index (χ3n) is 10.5. The van der Waals surface area contributed by atoms with Gasteiger partial charge in [-0.15, -0.1) is 0 Å². The van der Waals surface area contributed by atoms with Crippen LogP contribution in [0.3, 0.4) is 0 Å². The molecule has 3 aliphatic rings. The number of hydrogen-bond acceptors (Lipinski definition) is 4. The maximum absolute atomic E-state index is 11.6. The molecule has 6 atom stereocenters. The van der Waals surface area contributed by atoms with Gasteiger partial charge in [-0.25, -0.2) is 4.79 Å². The van der Waals surface area contributed by atoms with Crippen molar-refractivity contribution in [1.29, 1.82) is 0 Å². The smallest absolute Gasteiger partial charge is 0.334 e. The molecule has 3 aliphatic carbocycles. The molecule has 4 nitrogen and oxygen atoms in total. The van der Waals surface area contributed by atoms with Crippen molar-refractivity contribution in [2.24, 2.45) is 23.2 Å². The van der Waals surface area contributed by atoms with E-state index in [0.29, 0.717) is 35.7 Å². The molecule has 3 saturated carbocycles. The van der Waals surface area contributed by atoms with Crippen LogP contribution in [-0.4, -0.2) is 38.7 Å². The Balaban J connectivity index is 1.69. The Morgan fingerprint density at radius 3 is 2.54 bits per heavy atom. The monoisotopic (exact) mass is 530 g/mol. The lowest BCUT2D eigenvalue weighted by Crippen LogP contribution is -2.44. The lowest BCUT2D eigenvalue weighted by molar-refractivity contribution is -0.150. The van der Waals surface area contributed by atoms with Crippen molar-refractivity contribution >= 4 is 14.3 Å². The van der Waals surface area contributed by atoms with E-state index in [1.807, 2.05) is 0 Å². The molecule has 3 fully saturated rings. The average Bonchev–Trinajstić information content (AvgIpc) is 3.18. The number of rotatable bonds is 8. The number of ether oxygens (including phenoxy) is 1. The normalized spacial score (nSPS) is 32.9. The van der Waals surface area contributed by atoms with Crippen molar-refractivity contribution < 1.29 is 19.1 Å². The first kappa shape index (κ1) is 30.4. The largest absolute Gasteiger partial charge is 0.467 e. The van der Waals surface area contributed by atoms with E-state index in [0.717, 1.165) is 25.7 Å². The van der Waals surface area contributed by atoms with E-state index >= 15 is 0 Å². The van der Waals surface area contributed by atoms with E-state index in [2.05, 4.69) is 66.4 Å². The SMILES string of the molecule is C=C1CCC(O[Si](C)(C)C(C)(C)C)C/C1=C/C=C1\CCCC2(C)C1CCC2C(C)CCC(O)C(=O)OC. The Morgan fingerprint density at radius 2 is 1.89 bits per heavy atom. The first-order chi connectivity index (χ1) is 17.2. The summed E-state index contributed by atoms with van der Waals surface area (Å²) in [5.41, 5.74) is 4.59. The second kappa shape index (κ2) is 11.9. The molecule has 0 radical (unpaired) electrons. The number of hydrogen-bond donors (Lipinski definition) is 1. The second-order valence-electron chi connectivity index (χ2n) is 14.0.